The molecule has 2 unspecified atom stereocenters. The number of ether oxygens (including phenoxy) is 4. The summed E-state index contributed by atoms with van der Waals surface area (Å²) in [6, 6.07) is 3.92. The fraction of sp³-hybridized carbons (Fsp3) is 0.556. The van der Waals surface area contributed by atoms with E-state index in [0.29, 0.717) is 0 Å². The van der Waals surface area contributed by atoms with Gasteiger partial charge in [-0.3, -0.25) is 9.80 Å². The van der Waals surface area contributed by atoms with E-state index in [9.17, 15) is 19.2 Å². The number of rotatable bonds is 3. The van der Waals surface area contributed by atoms with Crippen LogP contribution in [0.2, 0.25) is 0 Å². The van der Waals surface area contributed by atoms with Gasteiger partial charge in [-0.2, -0.15) is 0 Å². The molecule has 0 spiro atoms. The van der Waals surface area contributed by atoms with Gasteiger partial charge in [-0.1, -0.05) is 12.1 Å². The standard InChI is InChI=1S/C27H36N2O8/c1-26(2,3)36-24(32)28-14-18-11-16(9-10-17(18)12-20(28)22(30)34-7)19-13-21(23(31)35-8)29(15-19)25(33)37-27(4,5)6/h9-11,13,20-21H,12,14-15H2,1-8H3. The van der Waals surface area contributed by atoms with Crippen LogP contribution in [0.5, 0.6) is 0 Å². The molecule has 0 aromatic heterocycles. The minimum absolute atomic E-state index is 0.140. The number of fused-ring (bicyclic) bond motifs is 1. The van der Waals surface area contributed by atoms with E-state index in [1.807, 2.05) is 18.2 Å². The lowest BCUT2D eigenvalue weighted by molar-refractivity contribution is -0.147. The van der Waals surface area contributed by atoms with Gasteiger partial charge in [0.15, 0.2) is 6.04 Å². The number of nitrogens with zero attached hydrogens (tertiary/aromatic N) is 2. The van der Waals surface area contributed by atoms with Crippen LogP contribution in [0.4, 0.5) is 9.59 Å². The molecule has 0 bridgehead atoms. The Hall–Kier alpha value is -3.56. The maximum Gasteiger partial charge on any atom is 0.411 e. The third-order valence-corrected chi connectivity index (χ3v) is 5.91. The first-order valence-corrected chi connectivity index (χ1v) is 12.1. The highest BCUT2D eigenvalue weighted by Crippen LogP contribution is 2.32. The van der Waals surface area contributed by atoms with Gasteiger partial charge in [0.05, 0.1) is 27.3 Å². The van der Waals surface area contributed by atoms with Gasteiger partial charge >= 0.3 is 24.1 Å². The Labute approximate surface area is 217 Å². The van der Waals surface area contributed by atoms with E-state index >= 15 is 0 Å². The molecule has 10 heteroatoms. The molecule has 0 saturated carbocycles. The van der Waals surface area contributed by atoms with Crippen LogP contribution in [0.25, 0.3) is 5.57 Å². The zero-order valence-electron chi connectivity index (χ0n) is 22.7. The molecule has 1 aromatic rings. The van der Waals surface area contributed by atoms with E-state index in [4.69, 9.17) is 18.9 Å². The number of amides is 2. The van der Waals surface area contributed by atoms with Crippen molar-refractivity contribution >= 4 is 29.7 Å². The van der Waals surface area contributed by atoms with Crippen molar-refractivity contribution in [2.24, 2.45) is 0 Å². The molecule has 2 heterocycles. The first-order chi connectivity index (χ1) is 17.1. The Morgan fingerprint density at radius 1 is 0.784 bits per heavy atom. The lowest BCUT2D eigenvalue weighted by atomic mass is 9.91. The third kappa shape index (κ3) is 6.61. The smallest absolute Gasteiger partial charge is 0.411 e. The van der Waals surface area contributed by atoms with Gasteiger partial charge in [0, 0.05) is 6.42 Å². The molecule has 0 aliphatic carbocycles. The zero-order valence-corrected chi connectivity index (χ0v) is 22.7. The Balaban J connectivity index is 1.92. The quantitative estimate of drug-likeness (QED) is 0.442. The van der Waals surface area contributed by atoms with Crippen LogP contribution in [0, 0.1) is 0 Å². The van der Waals surface area contributed by atoms with Crippen molar-refractivity contribution in [2.75, 3.05) is 20.8 Å². The largest absolute Gasteiger partial charge is 0.467 e. The van der Waals surface area contributed by atoms with Crippen LogP contribution >= 0.6 is 0 Å². The van der Waals surface area contributed by atoms with Crippen molar-refractivity contribution in [1.29, 1.82) is 0 Å². The van der Waals surface area contributed by atoms with Gasteiger partial charge in [-0.05, 0) is 75.9 Å². The zero-order chi connectivity index (χ0) is 27.7. The molecule has 10 nitrogen and oxygen atoms in total. The second-order valence-corrected chi connectivity index (χ2v) is 11.1. The molecule has 2 aliphatic heterocycles. The maximum atomic E-state index is 13.0. The number of esters is 2. The molecule has 2 aliphatic rings. The summed E-state index contributed by atoms with van der Waals surface area (Å²) in [7, 11) is 2.55. The first kappa shape index (κ1) is 28.0. The van der Waals surface area contributed by atoms with Crippen LogP contribution < -0.4 is 0 Å². The Bertz CT molecular complexity index is 1110. The summed E-state index contributed by atoms with van der Waals surface area (Å²) in [6.45, 7) is 10.8. The predicted molar refractivity (Wildman–Crippen MR) is 134 cm³/mol. The molecule has 2 amide bonds. The highest BCUT2D eigenvalue weighted by Gasteiger charge is 2.40. The van der Waals surface area contributed by atoms with Gasteiger partial charge < -0.3 is 18.9 Å². The Morgan fingerprint density at radius 2 is 1.35 bits per heavy atom. The van der Waals surface area contributed by atoms with E-state index in [1.54, 1.807) is 47.6 Å². The number of methoxy groups -OCH3 is 2. The molecule has 0 radical (unpaired) electrons. The molecule has 0 saturated heterocycles. The summed E-state index contributed by atoms with van der Waals surface area (Å²) >= 11 is 0. The number of hydrogen-bond donors (Lipinski definition) is 0. The summed E-state index contributed by atoms with van der Waals surface area (Å²) in [4.78, 5) is 53.4. The number of benzene rings is 1. The summed E-state index contributed by atoms with van der Waals surface area (Å²) in [5.74, 6) is -1.09. The lowest BCUT2D eigenvalue weighted by Crippen LogP contribution is -2.50. The Kier molecular flexibility index (Phi) is 7.90. The highest BCUT2D eigenvalue weighted by atomic mass is 16.6. The average molecular weight is 517 g/mol. The topological polar surface area (TPSA) is 112 Å². The van der Waals surface area contributed by atoms with Crippen LogP contribution in [-0.2, 0) is 41.5 Å². The van der Waals surface area contributed by atoms with E-state index in [2.05, 4.69) is 0 Å². The SMILES string of the molecule is COC(=O)C1C=C(c2ccc3c(c2)CN(C(=O)OC(C)(C)C)C(C(=O)OC)C3)CN1C(=O)OC(C)(C)C. The molecule has 37 heavy (non-hydrogen) atoms. The van der Waals surface area contributed by atoms with Crippen molar-refractivity contribution in [3.8, 4) is 0 Å². The monoisotopic (exact) mass is 516 g/mol. The van der Waals surface area contributed by atoms with Crippen molar-refractivity contribution in [1.82, 2.24) is 9.80 Å². The molecular weight excluding hydrogens is 480 g/mol. The molecule has 0 fully saturated rings. The minimum atomic E-state index is -0.923. The van der Waals surface area contributed by atoms with Gasteiger partial charge in [0.1, 0.15) is 17.2 Å². The molecule has 202 valence electrons. The normalized spacial score (nSPS) is 19.5. The van der Waals surface area contributed by atoms with Gasteiger partial charge in [-0.15, -0.1) is 0 Å². The van der Waals surface area contributed by atoms with Gasteiger partial charge in [-0.25, -0.2) is 19.2 Å². The third-order valence-electron chi connectivity index (χ3n) is 5.91. The molecule has 0 N–H and O–H groups in total. The van der Waals surface area contributed by atoms with Crippen molar-refractivity contribution < 1.29 is 38.1 Å². The van der Waals surface area contributed by atoms with Gasteiger partial charge in [0.2, 0.25) is 0 Å². The lowest BCUT2D eigenvalue weighted by Gasteiger charge is -2.36. The molecule has 2 atom stereocenters. The van der Waals surface area contributed by atoms with E-state index in [-0.39, 0.29) is 19.5 Å². The van der Waals surface area contributed by atoms with E-state index in [1.165, 1.54) is 24.0 Å². The van der Waals surface area contributed by atoms with Crippen molar-refractivity contribution in [2.45, 2.75) is 77.8 Å². The number of carbonyl (C=O) groups excluding carboxylic acids is 4. The average Bonchev–Trinajstić information content (AvgIpc) is 3.25. The maximum absolute atomic E-state index is 13.0. The molecule has 1 aromatic carbocycles. The van der Waals surface area contributed by atoms with Crippen LogP contribution in [-0.4, -0.2) is 78.0 Å². The number of carbonyl (C=O) groups is 4. The molecular formula is C27H36N2O8. The molecule has 3 rings (SSSR count). The van der Waals surface area contributed by atoms with Crippen molar-refractivity contribution in [3.63, 3.8) is 0 Å². The van der Waals surface area contributed by atoms with Crippen LogP contribution in [0.15, 0.2) is 24.3 Å². The van der Waals surface area contributed by atoms with E-state index < -0.39 is 47.4 Å². The van der Waals surface area contributed by atoms with Crippen LogP contribution in [0.1, 0.15) is 58.2 Å². The fourth-order valence-corrected chi connectivity index (χ4v) is 4.26. The summed E-state index contributed by atoms with van der Waals surface area (Å²) in [5, 5.41) is 0. The van der Waals surface area contributed by atoms with Crippen LogP contribution in [0.3, 0.4) is 0 Å². The summed E-state index contributed by atoms with van der Waals surface area (Å²) in [6.07, 6.45) is 0.725. The number of hydrogen-bond acceptors (Lipinski definition) is 8. The summed E-state index contributed by atoms with van der Waals surface area (Å²) in [5.41, 5.74) is 1.78. The van der Waals surface area contributed by atoms with Crippen molar-refractivity contribution in [3.05, 3.63) is 41.0 Å². The predicted octanol–water partition coefficient (Wildman–Crippen LogP) is 3.70. The highest BCUT2D eigenvalue weighted by molar-refractivity contribution is 5.90. The first-order valence-electron chi connectivity index (χ1n) is 12.1. The van der Waals surface area contributed by atoms with Gasteiger partial charge in [0.25, 0.3) is 0 Å². The second-order valence-electron chi connectivity index (χ2n) is 11.1. The van der Waals surface area contributed by atoms with E-state index in [0.717, 1.165) is 22.3 Å². The Morgan fingerprint density at radius 3 is 1.89 bits per heavy atom. The summed E-state index contributed by atoms with van der Waals surface area (Å²) < 4.78 is 20.9. The fourth-order valence-electron chi connectivity index (χ4n) is 4.26. The second kappa shape index (κ2) is 10.4. The minimum Gasteiger partial charge on any atom is -0.467 e.